The van der Waals surface area contributed by atoms with Crippen molar-refractivity contribution in [3.63, 3.8) is 0 Å². The molecule has 1 aromatic carbocycles. The van der Waals surface area contributed by atoms with Crippen molar-refractivity contribution in [3.05, 3.63) is 52.7 Å². The van der Waals surface area contributed by atoms with Crippen molar-refractivity contribution >= 4 is 5.91 Å². The molecular weight excluding hydrogens is 337 g/mol. The third-order valence-electron chi connectivity index (χ3n) is 2.83. The van der Waals surface area contributed by atoms with Crippen molar-refractivity contribution in [2.45, 2.75) is 26.5 Å². The lowest BCUT2D eigenvalue weighted by atomic mass is 10.2. The number of hydrogen-bond acceptors (Lipinski definition) is 3. The van der Waals surface area contributed by atoms with Crippen molar-refractivity contribution in [1.29, 1.82) is 0 Å². The summed E-state index contributed by atoms with van der Waals surface area (Å²) in [5.41, 5.74) is 0. The molecule has 0 spiro atoms. The lowest BCUT2D eigenvalue weighted by molar-refractivity contribution is 0.0910. The van der Waals surface area contributed by atoms with Gasteiger partial charge in [-0.15, -0.1) is 0 Å². The molecule has 0 aliphatic rings. The zero-order chi connectivity index (χ0) is 18.0. The number of amides is 1. The van der Waals surface area contributed by atoms with E-state index in [-0.39, 0.29) is 17.6 Å². The van der Waals surface area contributed by atoms with Gasteiger partial charge in [0.15, 0.2) is 11.5 Å². The third-order valence-corrected chi connectivity index (χ3v) is 2.83. The molecule has 1 N–H and O–H groups in total. The van der Waals surface area contributed by atoms with Crippen molar-refractivity contribution in [2.75, 3.05) is 0 Å². The average Bonchev–Trinajstić information content (AvgIpc) is 2.99. The van der Waals surface area contributed by atoms with Gasteiger partial charge in [-0.25, -0.2) is 13.2 Å². The van der Waals surface area contributed by atoms with Crippen LogP contribution in [0, 0.1) is 29.1 Å². The van der Waals surface area contributed by atoms with Gasteiger partial charge in [-0.2, -0.15) is 8.78 Å². The molecule has 2 aromatic rings. The van der Waals surface area contributed by atoms with E-state index in [1.54, 1.807) is 13.8 Å². The summed E-state index contributed by atoms with van der Waals surface area (Å²) in [5.74, 6) is -12.7. The Kier molecular flexibility index (Phi) is 5.10. The number of ether oxygens (including phenoxy) is 1. The van der Waals surface area contributed by atoms with Crippen LogP contribution in [0.25, 0.3) is 0 Å². The highest BCUT2D eigenvalue weighted by Crippen LogP contribution is 2.29. The molecule has 0 fully saturated rings. The highest BCUT2D eigenvalue weighted by molar-refractivity contribution is 5.91. The number of furan rings is 1. The fourth-order valence-corrected chi connectivity index (χ4v) is 1.77. The lowest BCUT2D eigenvalue weighted by Gasteiger charge is -2.09. The Morgan fingerprint density at radius 1 is 1.04 bits per heavy atom. The van der Waals surface area contributed by atoms with Gasteiger partial charge in [-0.05, 0) is 26.0 Å². The molecule has 1 heterocycles. The Morgan fingerprint density at radius 3 is 2.12 bits per heavy atom. The molecule has 0 atom stereocenters. The van der Waals surface area contributed by atoms with Crippen molar-refractivity contribution < 1.29 is 35.9 Å². The van der Waals surface area contributed by atoms with Crippen LogP contribution in [0.4, 0.5) is 22.0 Å². The predicted octanol–water partition coefficient (Wildman–Crippen LogP) is 3.69. The zero-order valence-electron chi connectivity index (χ0n) is 12.6. The summed E-state index contributed by atoms with van der Waals surface area (Å²) in [7, 11) is 0. The Balaban J connectivity index is 2.15. The van der Waals surface area contributed by atoms with Crippen LogP contribution < -0.4 is 10.1 Å². The summed E-state index contributed by atoms with van der Waals surface area (Å²) in [6, 6.07) is 2.42. The fourth-order valence-electron chi connectivity index (χ4n) is 1.77. The van der Waals surface area contributed by atoms with Gasteiger partial charge in [0, 0.05) is 6.04 Å². The minimum absolute atomic E-state index is 0.0344. The van der Waals surface area contributed by atoms with E-state index < -0.39 is 47.3 Å². The number of rotatable bonds is 5. The monoisotopic (exact) mass is 349 g/mol. The van der Waals surface area contributed by atoms with Crippen LogP contribution in [0.1, 0.15) is 30.2 Å². The first kappa shape index (κ1) is 17.8. The Morgan fingerprint density at radius 2 is 1.58 bits per heavy atom. The van der Waals surface area contributed by atoms with Crippen LogP contribution in [0.3, 0.4) is 0 Å². The topological polar surface area (TPSA) is 51.5 Å². The molecular formula is C15H12F5NO3. The zero-order valence-corrected chi connectivity index (χ0v) is 12.6. The fraction of sp³-hybridized carbons (Fsp3) is 0.267. The lowest BCUT2D eigenvalue weighted by Crippen LogP contribution is -2.29. The summed E-state index contributed by atoms with van der Waals surface area (Å²) < 4.78 is 75.6. The first-order valence-corrected chi connectivity index (χ1v) is 6.76. The SMILES string of the molecule is CC(C)NC(=O)c1ccc(COc2c(F)c(F)c(F)c(F)c2F)o1. The highest BCUT2D eigenvalue weighted by Gasteiger charge is 2.27. The summed E-state index contributed by atoms with van der Waals surface area (Å²) in [5, 5.41) is 2.55. The molecule has 0 bridgehead atoms. The first-order valence-electron chi connectivity index (χ1n) is 6.76. The Bertz CT molecular complexity index is 744. The second-order valence-electron chi connectivity index (χ2n) is 5.08. The summed E-state index contributed by atoms with van der Waals surface area (Å²) in [6.45, 7) is 2.83. The van der Waals surface area contributed by atoms with Crippen LogP contribution in [-0.2, 0) is 6.61 Å². The quantitative estimate of drug-likeness (QED) is 0.509. The molecule has 1 amide bonds. The van der Waals surface area contributed by atoms with Crippen molar-refractivity contribution in [2.24, 2.45) is 0 Å². The summed E-state index contributed by atoms with van der Waals surface area (Å²) in [6.07, 6.45) is 0. The molecule has 130 valence electrons. The van der Waals surface area contributed by atoms with Gasteiger partial charge >= 0.3 is 0 Å². The normalized spacial score (nSPS) is 11.0. The second-order valence-corrected chi connectivity index (χ2v) is 5.08. The molecule has 1 aromatic heterocycles. The molecule has 0 unspecified atom stereocenters. The van der Waals surface area contributed by atoms with Crippen molar-refractivity contribution in [3.8, 4) is 5.75 Å². The average molecular weight is 349 g/mol. The summed E-state index contributed by atoms with van der Waals surface area (Å²) >= 11 is 0. The maximum Gasteiger partial charge on any atom is 0.287 e. The van der Waals surface area contributed by atoms with Crippen LogP contribution in [0.15, 0.2) is 16.5 Å². The standard InChI is InChI=1S/C15H12F5NO3/c1-6(2)21-15(22)8-4-3-7(24-8)5-23-14-12(19)10(17)9(16)11(18)13(14)20/h3-4,6H,5H2,1-2H3,(H,21,22). The molecule has 0 saturated heterocycles. The molecule has 0 saturated carbocycles. The van der Waals surface area contributed by atoms with Gasteiger partial charge in [0.25, 0.3) is 5.91 Å². The van der Waals surface area contributed by atoms with E-state index in [0.29, 0.717) is 0 Å². The molecule has 4 nitrogen and oxygen atoms in total. The van der Waals surface area contributed by atoms with Gasteiger partial charge in [0.2, 0.25) is 29.1 Å². The number of carbonyl (C=O) groups is 1. The van der Waals surface area contributed by atoms with E-state index in [1.165, 1.54) is 12.1 Å². The molecule has 24 heavy (non-hydrogen) atoms. The van der Waals surface area contributed by atoms with Gasteiger partial charge in [-0.1, -0.05) is 0 Å². The van der Waals surface area contributed by atoms with Gasteiger partial charge in [0.1, 0.15) is 12.4 Å². The van der Waals surface area contributed by atoms with E-state index in [4.69, 9.17) is 4.42 Å². The molecule has 0 radical (unpaired) electrons. The van der Waals surface area contributed by atoms with E-state index in [0.717, 1.165) is 0 Å². The smallest absolute Gasteiger partial charge is 0.287 e. The van der Waals surface area contributed by atoms with E-state index in [1.807, 2.05) is 0 Å². The molecule has 2 rings (SSSR count). The maximum absolute atomic E-state index is 13.4. The van der Waals surface area contributed by atoms with Crippen molar-refractivity contribution in [1.82, 2.24) is 5.32 Å². The van der Waals surface area contributed by atoms with Gasteiger partial charge in [-0.3, -0.25) is 4.79 Å². The third kappa shape index (κ3) is 3.50. The predicted molar refractivity (Wildman–Crippen MR) is 71.9 cm³/mol. The Labute approximate surface area is 133 Å². The molecule has 0 aliphatic heterocycles. The van der Waals surface area contributed by atoms with Crippen LogP contribution >= 0.6 is 0 Å². The van der Waals surface area contributed by atoms with E-state index in [9.17, 15) is 26.7 Å². The second kappa shape index (κ2) is 6.90. The maximum atomic E-state index is 13.4. The largest absolute Gasteiger partial charge is 0.479 e. The van der Waals surface area contributed by atoms with Gasteiger partial charge in [0.05, 0.1) is 0 Å². The first-order chi connectivity index (χ1) is 11.2. The molecule has 0 aliphatic carbocycles. The number of benzene rings is 1. The number of carbonyl (C=O) groups excluding carboxylic acids is 1. The van der Waals surface area contributed by atoms with Crippen LogP contribution in [-0.4, -0.2) is 11.9 Å². The number of hydrogen-bond donors (Lipinski definition) is 1. The van der Waals surface area contributed by atoms with Crippen LogP contribution in [0.2, 0.25) is 0 Å². The van der Waals surface area contributed by atoms with Crippen LogP contribution in [0.5, 0.6) is 5.75 Å². The Hall–Kier alpha value is -2.58. The van der Waals surface area contributed by atoms with E-state index in [2.05, 4.69) is 10.1 Å². The minimum Gasteiger partial charge on any atom is -0.479 e. The number of halogens is 5. The summed E-state index contributed by atoms with van der Waals surface area (Å²) in [4.78, 5) is 11.7. The minimum atomic E-state index is -2.28. The van der Waals surface area contributed by atoms with E-state index >= 15 is 0 Å². The van der Waals surface area contributed by atoms with Gasteiger partial charge < -0.3 is 14.5 Å². The molecule has 9 heteroatoms. The number of nitrogens with one attached hydrogen (secondary N) is 1. The highest BCUT2D eigenvalue weighted by atomic mass is 19.2.